The number of nitrogens with zero attached hydrogens (tertiary/aromatic N) is 1. The molecule has 2 aromatic carbocycles. The molecular weight excluding hydrogens is 384 g/mol. The number of carbonyl (C=O) groups excluding carboxylic acids is 1. The van der Waals surface area contributed by atoms with Crippen molar-refractivity contribution < 1.29 is 14.6 Å². The van der Waals surface area contributed by atoms with E-state index < -0.39 is 0 Å². The molecule has 0 aromatic heterocycles. The van der Waals surface area contributed by atoms with E-state index in [0.717, 1.165) is 37.8 Å². The summed E-state index contributed by atoms with van der Waals surface area (Å²) in [6.07, 6.45) is 3.58. The SMILES string of the molecule is CC[NH+]1CCN(c2ccc(NC(=O)C[NH+]3CCC(Cc4ccccc4)CC3)cc2)CC1. The molecular formula is C26H38N4O+2. The van der Waals surface area contributed by atoms with Crippen molar-refractivity contribution in [1.29, 1.82) is 0 Å². The fraction of sp³-hybridized carbons (Fsp3) is 0.500. The van der Waals surface area contributed by atoms with E-state index in [-0.39, 0.29) is 5.91 Å². The van der Waals surface area contributed by atoms with Gasteiger partial charge in [-0.3, -0.25) is 4.79 Å². The van der Waals surface area contributed by atoms with Gasteiger partial charge in [-0.05, 0) is 61.9 Å². The molecule has 0 atom stereocenters. The minimum absolute atomic E-state index is 0.129. The van der Waals surface area contributed by atoms with Crippen molar-refractivity contribution >= 4 is 17.3 Å². The average molecular weight is 423 g/mol. The number of anilines is 2. The van der Waals surface area contributed by atoms with Gasteiger partial charge in [0.25, 0.3) is 5.91 Å². The number of quaternary nitrogens is 2. The summed E-state index contributed by atoms with van der Waals surface area (Å²) in [5.74, 6) is 0.881. The fourth-order valence-electron chi connectivity index (χ4n) is 5.04. The quantitative estimate of drug-likeness (QED) is 0.620. The van der Waals surface area contributed by atoms with Crippen molar-refractivity contribution in [2.45, 2.75) is 26.2 Å². The molecule has 0 bridgehead atoms. The summed E-state index contributed by atoms with van der Waals surface area (Å²) in [5.41, 5.74) is 3.61. The Kier molecular flexibility index (Phi) is 7.60. The Bertz CT molecular complexity index is 807. The third-order valence-electron chi connectivity index (χ3n) is 7.08. The zero-order valence-corrected chi connectivity index (χ0v) is 18.9. The van der Waals surface area contributed by atoms with E-state index >= 15 is 0 Å². The van der Waals surface area contributed by atoms with Crippen LogP contribution in [0.2, 0.25) is 0 Å². The third-order valence-corrected chi connectivity index (χ3v) is 7.08. The van der Waals surface area contributed by atoms with Crippen LogP contribution in [-0.2, 0) is 11.2 Å². The molecule has 4 rings (SSSR count). The van der Waals surface area contributed by atoms with Gasteiger partial charge in [-0.1, -0.05) is 30.3 Å². The van der Waals surface area contributed by atoms with Crippen molar-refractivity contribution in [3.05, 3.63) is 60.2 Å². The minimum atomic E-state index is 0.129. The van der Waals surface area contributed by atoms with Crippen LogP contribution in [0.5, 0.6) is 0 Å². The molecule has 166 valence electrons. The van der Waals surface area contributed by atoms with Gasteiger partial charge in [0.1, 0.15) is 0 Å². The Morgan fingerprint density at radius 2 is 1.61 bits per heavy atom. The molecule has 5 nitrogen and oxygen atoms in total. The second-order valence-electron chi connectivity index (χ2n) is 9.25. The molecule has 0 saturated carbocycles. The normalized spacial score (nSPS) is 22.3. The summed E-state index contributed by atoms with van der Waals surface area (Å²) in [6.45, 7) is 10.9. The molecule has 0 aliphatic carbocycles. The minimum Gasteiger partial charge on any atom is -0.360 e. The topological polar surface area (TPSA) is 41.2 Å². The summed E-state index contributed by atoms with van der Waals surface area (Å²) in [6, 6.07) is 19.2. The maximum atomic E-state index is 12.6. The molecule has 0 spiro atoms. The second kappa shape index (κ2) is 10.8. The van der Waals surface area contributed by atoms with E-state index in [1.54, 1.807) is 4.90 Å². The van der Waals surface area contributed by atoms with Crippen LogP contribution in [0.1, 0.15) is 25.3 Å². The van der Waals surface area contributed by atoms with E-state index in [9.17, 15) is 4.79 Å². The van der Waals surface area contributed by atoms with E-state index in [4.69, 9.17) is 0 Å². The molecule has 3 N–H and O–H groups in total. The second-order valence-corrected chi connectivity index (χ2v) is 9.25. The lowest BCUT2D eigenvalue weighted by atomic mass is 9.90. The van der Waals surface area contributed by atoms with Gasteiger partial charge < -0.3 is 20.0 Å². The van der Waals surface area contributed by atoms with Crippen molar-refractivity contribution in [3.8, 4) is 0 Å². The zero-order chi connectivity index (χ0) is 21.5. The Labute approximate surface area is 187 Å². The standard InChI is InChI=1S/C26H36N4O/c1-2-28-16-18-30(19-17-28)25-10-8-24(9-11-25)27-26(31)21-29-14-12-23(13-15-29)20-22-6-4-3-5-7-22/h3-11,23H,2,12-21H2,1H3,(H,27,31)/p+2. The summed E-state index contributed by atoms with van der Waals surface area (Å²) in [4.78, 5) is 18.1. The lowest BCUT2D eigenvalue weighted by Gasteiger charge is -2.33. The molecule has 2 heterocycles. The Morgan fingerprint density at radius 3 is 2.26 bits per heavy atom. The van der Waals surface area contributed by atoms with Crippen molar-refractivity contribution in [1.82, 2.24) is 0 Å². The number of piperidine rings is 1. The molecule has 2 fully saturated rings. The first-order chi connectivity index (χ1) is 15.2. The summed E-state index contributed by atoms with van der Waals surface area (Å²) >= 11 is 0. The first-order valence-corrected chi connectivity index (χ1v) is 12.1. The van der Waals surface area contributed by atoms with E-state index in [1.165, 1.54) is 55.0 Å². The number of hydrogen-bond donors (Lipinski definition) is 3. The van der Waals surface area contributed by atoms with Crippen LogP contribution in [0.25, 0.3) is 0 Å². The van der Waals surface area contributed by atoms with Crippen LogP contribution in [-0.4, -0.2) is 58.3 Å². The number of amides is 1. The highest BCUT2D eigenvalue weighted by molar-refractivity contribution is 5.91. The Morgan fingerprint density at radius 1 is 0.935 bits per heavy atom. The van der Waals surface area contributed by atoms with Crippen LogP contribution >= 0.6 is 0 Å². The van der Waals surface area contributed by atoms with E-state index in [1.807, 2.05) is 12.1 Å². The van der Waals surface area contributed by atoms with Gasteiger partial charge in [0.2, 0.25) is 0 Å². The summed E-state index contributed by atoms with van der Waals surface area (Å²) in [7, 11) is 0. The number of nitrogens with one attached hydrogen (secondary N) is 3. The average Bonchev–Trinajstić information content (AvgIpc) is 2.82. The van der Waals surface area contributed by atoms with Gasteiger partial charge >= 0.3 is 0 Å². The van der Waals surface area contributed by atoms with Gasteiger partial charge in [-0.25, -0.2) is 0 Å². The molecule has 0 radical (unpaired) electrons. The number of likely N-dealkylation sites (tertiary alicyclic amines) is 1. The van der Waals surface area contributed by atoms with Crippen LogP contribution < -0.4 is 20.0 Å². The van der Waals surface area contributed by atoms with Crippen LogP contribution in [0, 0.1) is 5.92 Å². The molecule has 2 aromatic rings. The fourth-order valence-corrected chi connectivity index (χ4v) is 5.04. The molecule has 2 aliphatic heterocycles. The molecule has 2 aliphatic rings. The number of likely N-dealkylation sites (N-methyl/N-ethyl adjacent to an activating group) is 1. The molecule has 5 heteroatoms. The number of piperazine rings is 1. The van der Waals surface area contributed by atoms with Crippen LogP contribution in [0.15, 0.2) is 54.6 Å². The van der Waals surface area contributed by atoms with Crippen LogP contribution in [0.4, 0.5) is 11.4 Å². The van der Waals surface area contributed by atoms with Gasteiger partial charge in [-0.15, -0.1) is 0 Å². The van der Waals surface area contributed by atoms with Crippen molar-refractivity contribution in [2.75, 3.05) is 62.6 Å². The largest absolute Gasteiger partial charge is 0.360 e. The predicted molar refractivity (Wildman–Crippen MR) is 127 cm³/mol. The lowest BCUT2D eigenvalue weighted by molar-refractivity contribution is -0.898. The summed E-state index contributed by atoms with van der Waals surface area (Å²) in [5, 5.41) is 3.10. The van der Waals surface area contributed by atoms with Gasteiger partial charge in [-0.2, -0.15) is 0 Å². The Hall–Kier alpha value is -2.37. The highest BCUT2D eigenvalue weighted by Crippen LogP contribution is 2.18. The highest BCUT2D eigenvalue weighted by atomic mass is 16.2. The Balaban J connectivity index is 1.19. The van der Waals surface area contributed by atoms with Gasteiger partial charge in [0, 0.05) is 11.4 Å². The molecule has 1 amide bonds. The lowest BCUT2D eigenvalue weighted by Crippen LogP contribution is -3.14. The zero-order valence-electron chi connectivity index (χ0n) is 18.9. The van der Waals surface area contributed by atoms with Gasteiger partial charge in [0.05, 0.1) is 45.8 Å². The van der Waals surface area contributed by atoms with Gasteiger partial charge in [0.15, 0.2) is 6.54 Å². The smallest absolute Gasteiger partial charge is 0.279 e. The number of carbonyl (C=O) groups is 1. The molecule has 31 heavy (non-hydrogen) atoms. The van der Waals surface area contributed by atoms with E-state index in [0.29, 0.717) is 6.54 Å². The monoisotopic (exact) mass is 422 g/mol. The summed E-state index contributed by atoms with van der Waals surface area (Å²) < 4.78 is 0. The number of hydrogen-bond acceptors (Lipinski definition) is 2. The molecule has 0 unspecified atom stereocenters. The third kappa shape index (κ3) is 6.31. The molecule has 2 saturated heterocycles. The first-order valence-electron chi connectivity index (χ1n) is 12.1. The van der Waals surface area contributed by atoms with Crippen LogP contribution in [0.3, 0.4) is 0 Å². The van der Waals surface area contributed by atoms with Crippen molar-refractivity contribution in [3.63, 3.8) is 0 Å². The maximum Gasteiger partial charge on any atom is 0.279 e. The maximum absolute atomic E-state index is 12.6. The highest BCUT2D eigenvalue weighted by Gasteiger charge is 2.24. The first kappa shape index (κ1) is 21.8. The number of benzene rings is 2. The van der Waals surface area contributed by atoms with Crippen molar-refractivity contribution in [2.24, 2.45) is 5.92 Å². The predicted octanol–water partition coefficient (Wildman–Crippen LogP) is 0.888. The van der Waals surface area contributed by atoms with E-state index in [2.05, 4.69) is 59.6 Å². The number of rotatable bonds is 7.